The molecule has 1 unspecified atom stereocenters. The summed E-state index contributed by atoms with van der Waals surface area (Å²) in [4.78, 5) is 13.2. The van der Waals surface area contributed by atoms with Gasteiger partial charge in [-0.3, -0.25) is 0 Å². The molecule has 3 nitrogen and oxygen atoms in total. The number of aromatic nitrogens is 2. The van der Waals surface area contributed by atoms with Crippen LogP contribution >= 0.6 is 0 Å². The topological polar surface area (TPSA) is 29.0 Å². The van der Waals surface area contributed by atoms with Crippen LogP contribution in [0.4, 0.5) is 11.4 Å². The van der Waals surface area contributed by atoms with E-state index in [2.05, 4.69) is 274 Å². The van der Waals surface area contributed by atoms with Crippen molar-refractivity contribution in [3.8, 4) is 101 Å². The summed E-state index contributed by atoms with van der Waals surface area (Å²) in [7, 11) is 0. The molecule has 0 bridgehead atoms. The van der Waals surface area contributed by atoms with Crippen molar-refractivity contribution in [2.45, 2.75) is 31.6 Å². The van der Waals surface area contributed by atoms with Gasteiger partial charge in [0.15, 0.2) is 5.82 Å². The fourth-order valence-corrected chi connectivity index (χ4v) is 12.3. The van der Waals surface area contributed by atoms with Gasteiger partial charge in [0.1, 0.15) is 0 Å². The predicted octanol–water partition coefficient (Wildman–Crippen LogP) is 19.2. The minimum Gasteiger partial charge on any atom is -0.313 e. The largest absolute Gasteiger partial charge is 0.313 e. The molecule has 0 amide bonds. The third-order valence-electron chi connectivity index (χ3n) is 16.0. The Hall–Kier alpha value is -9.44. The Labute approximate surface area is 445 Å². The van der Waals surface area contributed by atoms with Crippen molar-refractivity contribution < 1.29 is 0 Å². The zero-order chi connectivity index (χ0) is 50.7. The zero-order valence-electron chi connectivity index (χ0n) is 42.5. The van der Waals surface area contributed by atoms with Crippen LogP contribution in [-0.4, -0.2) is 9.97 Å². The molecule has 1 aromatic heterocycles. The summed E-state index contributed by atoms with van der Waals surface area (Å²) in [5, 5.41) is 0. The number of anilines is 2. The highest BCUT2D eigenvalue weighted by molar-refractivity contribution is 6.02. The van der Waals surface area contributed by atoms with E-state index in [0.29, 0.717) is 5.82 Å². The second-order valence-corrected chi connectivity index (χ2v) is 20.8. The van der Waals surface area contributed by atoms with E-state index in [-0.39, 0.29) is 11.3 Å². The Morgan fingerprint density at radius 2 is 0.947 bits per heavy atom. The first-order chi connectivity index (χ1) is 37.4. The van der Waals surface area contributed by atoms with E-state index in [9.17, 15) is 0 Å². The van der Waals surface area contributed by atoms with E-state index in [1.165, 1.54) is 50.3 Å². The average molecular weight is 972 g/mol. The molecule has 0 radical (unpaired) electrons. The van der Waals surface area contributed by atoms with Gasteiger partial charge in [-0.2, -0.15) is 0 Å². The van der Waals surface area contributed by atoms with Gasteiger partial charge >= 0.3 is 0 Å². The van der Waals surface area contributed by atoms with E-state index in [4.69, 9.17) is 9.97 Å². The summed E-state index contributed by atoms with van der Waals surface area (Å²) in [6.45, 7) is 4.76. The van der Waals surface area contributed by atoms with Crippen molar-refractivity contribution in [1.82, 2.24) is 9.97 Å². The molecule has 3 aliphatic rings. The van der Waals surface area contributed by atoms with Gasteiger partial charge in [0.25, 0.3) is 0 Å². The third kappa shape index (κ3) is 7.74. The summed E-state index contributed by atoms with van der Waals surface area (Å²) in [5.41, 5.74) is 26.8. The Bertz CT molecular complexity index is 4020. The van der Waals surface area contributed by atoms with E-state index < -0.39 is 0 Å². The van der Waals surface area contributed by atoms with Gasteiger partial charge in [-0.25, -0.2) is 9.97 Å². The van der Waals surface area contributed by atoms with Gasteiger partial charge < -0.3 is 4.90 Å². The number of fused-ring (bicyclic) bond motifs is 6. The van der Waals surface area contributed by atoms with Crippen LogP contribution in [0.1, 0.15) is 42.9 Å². The number of hydrogen-bond donors (Lipinski definition) is 0. The zero-order valence-corrected chi connectivity index (χ0v) is 42.5. The lowest BCUT2D eigenvalue weighted by Crippen LogP contribution is -2.17. The molecule has 0 fully saturated rings. The Morgan fingerprint density at radius 3 is 1.63 bits per heavy atom. The van der Waals surface area contributed by atoms with Crippen LogP contribution < -0.4 is 4.90 Å². The summed E-state index contributed by atoms with van der Waals surface area (Å²) in [6, 6.07) is 90.5. The number of nitrogens with zero attached hydrogens (tertiary/aromatic N) is 3. The quantitative estimate of drug-likeness (QED) is 0.144. The van der Waals surface area contributed by atoms with Crippen LogP contribution in [0.3, 0.4) is 0 Å². The third-order valence-corrected chi connectivity index (χ3v) is 16.0. The van der Waals surface area contributed by atoms with Crippen molar-refractivity contribution in [3.63, 3.8) is 0 Å². The maximum atomic E-state index is 5.31. The van der Waals surface area contributed by atoms with E-state index >= 15 is 0 Å². The van der Waals surface area contributed by atoms with Gasteiger partial charge in [-0.1, -0.05) is 226 Å². The molecule has 0 spiro atoms. The van der Waals surface area contributed by atoms with Crippen LogP contribution in [0, 0.1) is 0 Å². The van der Waals surface area contributed by atoms with Crippen molar-refractivity contribution in [3.05, 3.63) is 289 Å². The van der Waals surface area contributed by atoms with Gasteiger partial charge in [-0.15, -0.1) is 0 Å². The van der Waals surface area contributed by atoms with Crippen molar-refractivity contribution in [2.24, 2.45) is 0 Å². The molecular formula is C73H53N3. The number of hydrogen-bond acceptors (Lipinski definition) is 3. The molecule has 3 heteroatoms. The van der Waals surface area contributed by atoms with Crippen LogP contribution in [0.15, 0.2) is 273 Å². The number of rotatable bonds is 9. The lowest BCUT2D eigenvalue weighted by atomic mass is 9.81. The van der Waals surface area contributed by atoms with E-state index in [1.807, 2.05) is 12.1 Å². The van der Waals surface area contributed by atoms with Crippen LogP contribution in [0.25, 0.3) is 101 Å². The molecule has 2 heterocycles. The smallest absolute Gasteiger partial charge is 0.160 e. The van der Waals surface area contributed by atoms with Gasteiger partial charge in [0.05, 0.1) is 17.1 Å². The maximum absolute atomic E-state index is 5.31. The summed E-state index contributed by atoms with van der Waals surface area (Å²) in [5.74, 6) is 0.963. The Kier molecular flexibility index (Phi) is 11.0. The van der Waals surface area contributed by atoms with Gasteiger partial charge in [0.2, 0.25) is 0 Å². The van der Waals surface area contributed by atoms with Crippen molar-refractivity contribution >= 4 is 11.4 Å². The summed E-state index contributed by atoms with van der Waals surface area (Å²) >= 11 is 0. The molecular weight excluding hydrogens is 919 g/mol. The minimum absolute atomic E-state index is 0.105. The van der Waals surface area contributed by atoms with Crippen LogP contribution in [-0.2, 0) is 5.41 Å². The first-order valence-corrected chi connectivity index (χ1v) is 26.5. The maximum Gasteiger partial charge on any atom is 0.160 e. The molecule has 11 aromatic rings. The second kappa shape index (κ2) is 18.5. The standard InChI is InChI=1S/C73H53N3/c1-73(2)65-36-19-17-34-59(65)62-45-63-60-35-18-20-37-69(60)76(70(63)46-66(62)73)56-40-38-50(39-41-56)61-43-55(48-22-7-3-8-23-48)44-64(58-33-16-15-32-57(58)49-24-9-4-10-25-49)71(61)53-30-21-31-54(42-53)72-74-67(51-26-11-5-12-27-51)47-68(75-72)52-28-13-6-14-29-52/h3-34,36-47,60H,35H2,1-2H3. The number of allylic oxidation sites excluding steroid dienone is 4. The van der Waals surface area contributed by atoms with Crippen LogP contribution in [0.5, 0.6) is 0 Å². The van der Waals surface area contributed by atoms with Gasteiger partial charge in [0, 0.05) is 39.4 Å². The Morgan fingerprint density at radius 1 is 0.395 bits per heavy atom. The monoisotopic (exact) mass is 971 g/mol. The molecule has 2 aliphatic carbocycles. The molecule has 1 aliphatic heterocycles. The highest BCUT2D eigenvalue weighted by Gasteiger charge is 2.41. The predicted molar refractivity (Wildman–Crippen MR) is 316 cm³/mol. The molecule has 0 saturated carbocycles. The summed E-state index contributed by atoms with van der Waals surface area (Å²) in [6.07, 6.45) is 7.88. The minimum atomic E-state index is -0.105. The summed E-state index contributed by atoms with van der Waals surface area (Å²) < 4.78 is 0. The SMILES string of the molecule is CC1(C)c2ccccc2-c2cc3c(cc21)N(c1ccc(-c2cc(-c4ccccc4)cc(-c4ccccc4-c4ccccc4)c2-c2cccc(-c4nc(-c5ccccc5)cc(-c5ccccc5)n4)c2)cc1)C1=CC=CCC13. The normalized spacial score (nSPS) is 14.6. The first-order valence-electron chi connectivity index (χ1n) is 26.5. The lowest BCUT2D eigenvalue weighted by Gasteiger charge is -2.26. The van der Waals surface area contributed by atoms with Crippen molar-refractivity contribution in [2.75, 3.05) is 4.90 Å². The van der Waals surface area contributed by atoms with Gasteiger partial charge in [-0.05, 0) is 144 Å². The highest BCUT2D eigenvalue weighted by Crippen LogP contribution is 2.57. The molecule has 76 heavy (non-hydrogen) atoms. The fourth-order valence-electron chi connectivity index (χ4n) is 12.3. The Balaban J connectivity index is 0.973. The highest BCUT2D eigenvalue weighted by atomic mass is 15.2. The van der Waals surface area contributed by atoms with Crippen LogP contribution in [0.2, 0.25) is 0 Å². The molecule has 0 N–H and O–H groups in total. The molecule has 360 valence electrons. The lowest BCUT2D eigenvalue weighted by molar-refractivity contribution is 0.660. The molecule has 0 saturated heterocycles. The molecule has 14 rings (SSSR count). The van der Waals surface area contributed by atoms with E-state index in [1.54, 1.807) is 0 Å². The first kappa shape index (κ1) is 45.2. The fraction of sp³-hybridized carbons (Fsp3) is 0.0685. The molecule has 1 atom stereocenters. The van der Waals surface area contributed by atoms with Crippen molar-refractivity contribution in [1.29, 1.82) is 0 Å². The second-order valence-electron chi connectivity index (χ2n) is 20.8. The number of benzene rings is 10. The molecule has 10 aromatic carbocycles. The average Bonchev–Trinajstić information content (AvgIpc) is 4.01. The van der Waals surface area contributed by atoms with E-state index in [0.717, 1.165) is 84.7 Å².